The highest BCUT2D eigenvalue weighted by atomic mass is 32.2. The van der Waals surface area contributed by atoms with Crippen molar-refractivity contribution >= 4 is 29.3 Å². The monoisotopic (exact) mass is 396 g/mol. The maximum absolute atomic E-state index is 12.3. The predicted molar refractivity (Wildman–Crippen MR) is 108 cm³/mol. The molecule has 0 saturated carbocycles. The zero-order valence-corrected chi connectivity index (χ0v) is 16.6. The van der Waals surface area contributed by atoms with Crippen LogP contribution in [0.2, 0.25) is 0 Å². The molecule has 7 nitrogen and oxygen atoms in total. The highest BCUT2D eigenvalue weighted by molar-refractivity contribution is 7.99. The summed E-state index contributed by atoms with van der Waals surface area (Å²) in [5, 5.41) is 11.8. The van der Waals surface area contributed by atoms with Gasteiger partial charge in [-0.1, -0.05) is 30.0 Å². The lowest BCUT2D eigenvalue weighted by atomic mass is 10.2. The average molecular weight is 396 g/mol. The van der Waals surface area contributed by atoms with Crippen LogP contribution in [0.1, 0.15) is 21.7 Å². The van der Waals surface area contributed by atoms with Gasteiger partial charge in [0, 0.05) is 5.69 Å². The number of aromatic nitrogens is 3. The molecule has 1 heterocycles. The number of hydrogen-bond acceptors (Lipinski definition) is 6. The summed E-state index contributed by atoms with van der Waals surface area (Å²) in [5.41, 5.74) is 3.13. The Bertz CT molecular complexity index is 999. The molecule has 0 aliphatic carbocycles. The topological polar surface area (TPSA) is 86.1 Å². The van der Waals surface area contributed by atoms with E-state index in [1.54, 1.807) is 24.3 Å². The largest absolute Gasteiger partial charge is 0.465 e. The van der Waals surface area contributed by atoms with Gasteiger partial charge in [0.05, 0.1) is 24.1 Å². The Kier molecular flexibility index (Phi) is 6.10. The van der Waals surface area contributed by atoms with E-state index in [1.807, 2.05) is 42.7 Å². The summed E-state index contributed by atoms with van der Waals surface area (Å²) >= 11 is 1.31. The second-order valence-corrected chi connectivity index (χ2v) is 7.00. The van der Waals surface area contributed by atoms with Gasteiger partial charge in [0.15, 0.2) is 5.16 Å². The summed E-state index contributed by atoms with van der Waals surface area (Å²) in [6.45, 7) is 3.90. The first-order valence-corrected chi connectivity index (χ1v) is 9.57. The van der Waals surface area contributed by atoms with Crippen LogP contribution in [-0.2, 0) is 9.53 Å². The van der Waals surface area contributed by atoms with E-state index in [0.717, 1.165) is 17.1 Å². The first-order chi connectivity index (χ1) is 13.5. The van der Waals surface area contributed by atoms with Crippen molar-refractivity contribution in [3.05, 3.63) is 65.5 Å². The lowest BCUT2D eigenvalue weighted by molar-refractivity contribution is -0.113. The molecule has 3 rings (SSSR count). The molecule has 0 aliphatic heterocycles. The number of carbonyl (C=O) groups excluding carboxylic acids is 2. The molecule has 1 amide bonds. The number of anilines is 1. The van der Waals surface area contributed by atoms with Gasteiger partial charge in [0.25, 0.3) is 0 Å². The van der Waals surface area contributed by atoms with Crippen LogP contribution in [0.15, 0.2) is 53.7 Å². The molecule has 0 radical (unpaired) electrons. The Morgan fingerprint density at radius 3 is 2.46 bits per heavy atom. The number of carbonyl (C=O) groups is 2. The third-order valence-electron chi connectivity index (χ3n) is 4.07. The third-order valence-corrected chi connectivity index (χ3v) is 5.00. The number of hydrogen-bond donors (Lipinski definition) is 1. The maximum Gasteiger partial charge on any atom is 0.337 e. The van der Waals surface area contributed by atoms with Crippen molar-refractivity contribution < 1.29 is 14.3 Å². The maximum atomic E-state index is 12.3. The van der Waals surface area contributed by atoms with Crippen LogP contribution in [-0.4, -0.2) is 39.5 Å². The van der Waals surface area contributed by atoms with Gasteiger partial charge >= 0.3 is 5.97 Å². The van der Waals surface area contributed by atoms with Gasteiger partial charge < -0.3 is 10.1 Å². The lowest BCUT2D eigenvalue weighted by Crippen LogP contribution is -2.15. The Morgan fingerprint density at radius 1 is 1.07 bits per heavy atom. The number of rotatable bonds is 6. The quantitative estimate of drug-likeness (QED) is 0.508. The third kappa shape index (κ3) is 4.40. The molecular formula is C20H20N4O3S. The fourth-order valence-electron chi connectivity index (χ4n) is 2.66. The summed E-state index contributed by atoms with van der Waals surface area (Å²) in [6.07, 6.45) is 0. The number of ether oxygens (including phenoxy) is 1. The first kappa shape index (κ1) is 19.6. The Balaban J connectivity index is 1.66. The zero-order chi connectivity index (χ0) is 20.1. The molecule has 28 heavy (non-hydrogen) atoms. The van der Waals surface area contributed by atoms with Gasteiger partial charge in [0.2, 0.25) is 5.91 Å². The molecule has 1 N–H and O–H groups in total. The van der Waals surface area contributed by atoms with Gasteiger partial charge in [-0.3, -0.25) is 9.36 Å². The van der Waals surface area contributed by atoms with Gasteiger partial charge in [0.1, 0.15) is 5.82 Å². The first-order valence-electron chi connectivity index (χ1n) is 8.58. The molecule has 1 aromatic heterocycles. The van der Waals surface area contributed by atoms with Crippen molar-refractivity contribution in [1.29, 1.82) is 0 Å². The summed E-state index contributed by atoms with van der Waals surface area (Å²) in [5.74, 6) is 0.353. The molecule has 0 bridgehead atoms. The molecule has 0 atom stereocenters. The fraction of sp³-hybridized carbons (Fsp3) is 0.200. The minimum atomic E-state index is -0.417. The van der Waals surface area contributed by atoms with E-state index in [-0.39, 0.29) is 11.7 Å². The van der Waals surface area contributed by atoms with Crippen molar-refractivity contribution in [3.63, 3.8) is 0 Å². The SMILES string of the molecule is COC(=O)c1ccc(NC(=O)CSc2nnc(C)n2-c2ccccc2C)cc1. The van der Waals surface area contributed by atoms with E-state index in [2.05, 4.69) is 20.3 Å². The van der Waals surface area contributed by atoms with Gasteiger partial charge in [-0.25, -0.2) is 4.79 Å². The van der Waals surface area contributed by atoms with Gasteiger partial charge in [-0.2, -0.15) is 0 Å². The van der Waals surface area contributed by atoms with Crippen LogP contribution >= 0.6 is 11.8 Å². The average Bonchev–Trinajstić information content (AvgIpc) is 3.07. The second kappa shape index (κ2) is 8.71. The number of para-hydroxylation sites is 1. The Morgan fingerprint density at radius 2 is 1.79 bits per heavy atom. The smallest absolute Gasteiger partial charge is 0.337 e. The van der Waals surface area contributed by atoms with Crippen LogP contribution < -0.4 is 5.32 Å². The van der Waals surface area contributed by atoms with Crippen molar-refractivity contribution in [2.75, 3.05) is 18.2 Å². The molecule has 0 saturated heterocycles. The highest BCUT2D eigenvalue weighted by Gasteiger charge is 2.15. The van der Waals surface area contributed by atoms with Crippen LogP contribution in [0.3, 0.4) is 0 Å². The van der Waals surface area contributed by atoms with E-state index in [1.165, 1.54) is 18.9 Å². The number of nitrogens with one attached hydrogen (secondary N) is 1. The Labute approximate surface area is 167 Å². The Hall–Kier alpha value is -3.13. The van der Waals surface area contributed by atoms with Crippen molar-refractivity contribution in [2.45, 2.75) is 19.0 Å². The molecule has 144 valence electrons. The summed E-state index contributed by atoms with van der Waals surface area (Å²) in [4.78, 5) is 23.8. The number of thioether (sulfide) groups is 1. The molecule has 0 spiro atoms. The van der Waals surface area contributed by atoms with Crippen molar-refractivity contribution in [2.24, 2.45) is 0 Å². The standard InChI is InChI=1S/C20H20N4O3S/c1-13-6-4-5-7-17(13)24-14(2)22-23-20(24)28-12-18(25)21-16-10-8-15(9-11-16)19(26)27-3/h4-11H,12H2,1-3H3,(H,21,25). The predicted octanol–water partition coefficient (Wildman–Crippen LogP) is 3.40. The molecule has 2 aromatic carbocycles. The number of benzene rings is 2. The zero-order valence-electron chi connectivity index (χ0n) is 15.8. The van der Waals surface area contributed by atoms with E-state index < -0.39 is 5.97 Å². The molecule has 0 aliphatic rings. The number of aryl methyl sites for hydroxylation is 2. The summed E-state index contributed by atoms with van der Waals surface area (Å²) in [7, 11) is 1.33. The van der Waals surface area contributed by atoms with Gasteiger partial charge in [-0.15, -0.1) is 10.2 Å². The second-order valence-electron chi connectivity index (χ2n) is 6.06. The number of amides is 1. The minimum Gasteiger partial charge on any atom is -0.465 e. The van der Waals surface area contributed by atoms with Crippen LogP contribution in [0.4, 0.5) is 5.69 Å². The van der Waals surface area contributed by atoms with E-state index in [9.17, 15) is 9.59 Å². The van der Waals surface area contributed by atoms with E-state index in [0.29, 0.717) is 16.4 Å². The number of esters is 1. The normalized spacial score (nSPS) is 10.5. The van der Waals surface area contributed by atoms with Crippen LogP contribution in [0.5, 0.6) is 0 Å². The number of methoxy groups -OCH3 is 1. The molecule has 3 aromatic rings. The fourth-order valence-corrected chi connectivity index (χ4v) is 3.45. The lowest BCUT2D eigenvalue weighted by Gasteiger charge is -2.11. The molecule has 8 heteroatoms. The summed E-state index contributed by atoms with van der Waals surface area (Å²) in [6, 6.07) is 14.5. The molecule has 0 unspecified atom stereocenters. The van der Waals surface area contributed by atoms with Crippen LogP contribution in [0.25, 0.3) is 5.69 Å². The van der Waals surface area contributed by atoms with Crippen molar-refractivity contribution in [3.8, 4) is 5.69 Å². The van der Waals surface area contributed by atoms with Crippen LogP contribution in [0, 0.1) is 13.8 Å². The number of nitrogens with zero attached hydrogens (tertiary/aromatic N) is 3. The van der Waals surface area contributed by atoms with E-state index >= 15 is 0 Å². The summed E-state index contributed by atoms with van der Waals surface area (Å²) < 4.78 is 6.60. The minimum absolute atomic E-state index is 0.173. The molecular weight excluding hydrogens is 376 g/mol. The van der Waals surface area contributed by atoms with Crippen molar-refractivity contribution in [1.82, 2.24) is 14.8 Å². The van der Waals surface area contributed by atoms with Gasteiger partial charge in [-0.05, 0) is 49.7 Å². The molecule has 0 fully saturated rings. The highest BCUT2D eigenvalue weighted by Crippen LogP contribution is 2.24. The van der Waals surface area contributed by atoms with E-state index in [4.69, 9.17) is 0 Å².